The molecule has 6 heteroatoms. The number of hydrogen-bond acceptors (Lipinski definition) is 5. The zero-order chi connectivity index (χ0) is 13.0. The van der Waals surface area contributed by atoms with E-state index in [-0.39, 0.29) is 5.97 Å². The van der Waals surface area contributed by atoms with Crippen molar-refractivity contribution in [2.45, 2.75) is 0 Å². The molecule has 1 N–H and O–H groups in total. The number of nitrogens with zero attached hydrogens (tertiary/aromatic N) is 2. The number of thiophene rings is 1. The molecule has 0 saturated heterocycles. The van der Waals surface area contributed by atoms with Crippen molar-refractivity contribution in [3.63, 3.8) is 0 Å². The largest absolute Gasteiger partial charge is 0.465 e. The molecule has 0 bridgehead atoms. The highest BCUT2D eigenvalue weighted by Gasteiger charge is 2.12. The number of methoxy groups -OCH3 is 1. The molecule has 0 aliphatic rings. The van der Waals surface area contributed by atoms with Crippen LogP contribution in [0.25, 0.3) is 0 Å². The third-order valence-corrected chi connectivity index (χ3v) is 3.30. The van der Waals surface area contributed by atoms with Gasteiger partial charge in [0.1, 0.15) is 4.88 Å². The number of aryl methyl sites for hydroxylation is 1. The third kappa shape index (κ3) is 2.60. The van der Waals surface area contributed by atoms with E-state index in [1.807, 2.05) is 35.3 Å². The average Bonchev–Trinajstić information content (AvgIpc) is 2.98. The maximum Gasteiger partial charge on any atom is 0.350 e. The molecule has 0 spiro atoms. The van der Waals surface area contributed by atoms with Gasteiger partial charge >= 0.3 is 5.97 Å². The fourth-order valence-corrected chi connectivity index (χ4v) is 2.18. The van der Waals surface area contributed by atoms with E-state index in [0.29, 0.717) is 10.6 Å². The van der Waals surface area contributed by atoms with Crippen LogP contribution in [0.1, 0.15) is 15.4 Å². The van der Waals surface area contributed by atoms with Gasteiger partial charge in [-0.1, -0.05) is 0 Å². The first-order valence-corrected chi connectivity index (χ1v) is 6.16. The molecular formula is C12H13N3O2S. The van der Waals surface area contributed by atoms with E-state index in [4.69, 9.17) is 0 Å². The molecule has 0 aliphatic heterocycles. The van der Waals surface area contributed by atoms with E-state index in [9.17, 15) is 4.79 Å². The lowest BCUT2D eigenvalue weighted by Gasteiger charge is -2.01. The highest BCUT2D eigenvalue weighted by molar-refractivity contribution is 7.12. The van der Waals surface area contributed by atoms with Gasteiger partial charge in [0.25, 0.3) is 0 Å². The highest BCUT2D eigenvalue weighted by Crippen LogP contribution is 2.22. The Labute approximate surface area is 109 Å². The first-order valence-electron chi connectivity index (χ1n) is 5.28. The molecule has 5 nitrogen and oxygen atoms in total. The normalized spacial score (nSPS) is 10.8. The fourth-order valence-electron chi connectivity index (χ4n) is 1.42. The summed E-state index contributed by atoms with van der Waals surface area (Å²) in [5, 5.41) is 5.91. The Balaban J connectivity index is 2.07. The van der Waals surface area contributed by atoms with Crippen LogP contribution in [-0.2, 0) is 11.8 Å². The number of nitrogens with one attached hydrogen (secondary N) is 1. The molecule has 2 aromatic rings. The molecular weight excluding hydrogens is 250 g/mol. The zero-order valence-corrected chi connectivity index (χ0v) is 10.9. The van der Waals surface area contributed by atoms with Crippen LogP contribution >= 0.6 is 11.3 Å². The van der Waals surface area contributed by atoms with Crippen molar-refractivity contribution in [2.75, 3.05) is 12.5 Å². The second-order valence-electron chi connectivity index (χ2n) is 3.57. The van der Waals surface area contributed by atoms with Crippen LogP contribution in [0.2, 0.25) is 0 Å². The van der Waals surface area contributed by atoms with Crippen LogP contribution in [0.5, 0.6) is 0 Å². The van der Waals surface area contributed by atoms with Gasteiger partial charge in [0.2, 0.25) is 0 Å². The molecule has 0 saturated carbocycles. The van der Waals surface area contributed by atoms with E-state index in [0.717, 1.165) is 5.69 Å². The lowest BCUT2D eigenvalue weighted by molar-refractivity contribution is 0.0607. The number of carbonyl (C=O) groups is 1. The fraction of sp³-hybridized carbons (Fsp3) is 0.167. The van der Waals surface area contributed by atoms with Gasteiger partial charge in [-0.2, -0.15) is 5.10 Å². The predicted octanol–water partition coefficient (Wildman–Crippen LogP) is 2.32. The Kier molecular flexibility index (Phi) is 3.78. The lowest BCUT2D eigenvalue weighted by Crippen LogP contribution is -2.02. The highest BCUT2D eigenvalue weighted by atomic mass is 32.1. The number of hydrazone groups is 1. The summed E-state index contributed by atoms with van der Waals surface area (Å²) in [6.45, 7) is 0. The predicted molar refractivity (Wildman–Crippen MR) is 72.3 cm³/mol. The molecule has 0 atom stereocenters. The number of rotatable bonds is 4. The molecule has 94 valence electrons. The van der Waals surface area contributed by atoms with Crippen LogP contribution in [0, 0.1) is 0 Å². The minimum Gasteiger partial charge on any atom is -0.465 e. The van der Waals surface area contributed by atoms with E-state index in [1.54, 1.807) is 12.3 Å². The van der Waals surface area contributed by atoms with Crippen molar-refractivity contribution in [2.24, 2.45) is 12.1 Å². The maximum atomic E-state index is 11.4. The summed E-state index contributed by atoms with van der Waals surface area (Å²) in [5.41, 5.74) is 4.46. The number of carbonyl (C=O) groups excluding carboxylic acids is 1. The summed E-state index contributed by atoms with van der Waals surface area (Å²) >= 11 is 1.32. The Morgan fingerprint density at radius 1 is 1.56 bits per heavy atom. The van der Waals surface area contributed by atoms with Crippen molar-refractivity contribution in [1.82, 2.24) is 4.57 Å². The van der Waals surface area contributed by atoms with Crippen molar-refractivity contribution in [3.8, 4) is 0 Å². The second-order valence-corrected chi connectivity index (χ2v) is 4.49. The van der Waals surface area contributed by atoms with Crippen molar-refractivity contribution in [1.29, 1.82) is 0 Å². The minimum atomic E-state index is -0.360. The summed E-state index contributed by atoms with van der Waals surface area (Å²) in [5.74, 6) is -0.360. The molecule has 0 amide bonds. The lowest BCUT2D eigenvalue weighted by atomic mass is 10.4. The Hall–Kier alpha value is -2.08. The van der Waals surface area contributed by atoms with E-state index in [1.165, 1.54) is 18.4 Å². The van der Waals surface area contributed by atoms with Gasteiger partial charge in [-0.25, -0.2) is 4.79 Å². The molecule has 0 aromatic carbocycles. The molecule has 0 fully saturated rings. The van der Waals surface area contributed by atoms with Crippen LogP contribution in [0.3, 0.4) is 0 Å². The molecule has 2 heterocycles. The van der Waals surface area contributed by atoms with Gasteiger partial charge in [0.15, 0.2) is 0 Å². The average molecular weight is 263 g/mol. The van der Waals surface area contributed by atoms with Crippen LogP contribution < -0.4 is 5.43 Å². The molecule has 0 radical (unpaired) electrons. The zero-order valence-electron chi connectivity index (χ0n) is 10.1. The Morgan fingerprint density at radius 2 is 2.39 bits per heavy atom. The molecule has 2 rings (SSSR count). The number of ether oxygens (including phenoxy) is 1. The molecule has 18 heavy (non-hydrogen) atoms. The Bertz CT molecular complexity index is 571. The standard InChI is InChI=1S/C12H13N3O2S/c1-15-6-3-4-9(15)8-13-14-10-5-7-18-11(10)12(16)17-2/h3-8,14H,1-2H3. The van der Waals surface area contributed by atoms with E-state index < -0.39 is 0 Å². The summed E-state index contributed by atoms with van der Waals surface area (Å²) in [4.78, 5) is 11.9. The van der Waals surface area contributed by atoms with E-state index >= 15 is 0 Å². The topological polar surface area (TPSA) is 55.6 Å². The summed E-state index contributed by atoms with van der Waals surface area (Å²) < 4.78 is 6.63. The number of anilines is 1. The number of aromatic nitrogens is 1. The maximum absolute atomic E-state index is 11.4. The van der Waals surface area contributed by atoms with Gasteiger partial charge in [-0.15, -0.1) is 11.3 Å². The molecule has 2 aromatic heterocycles. The smallest absolute Gasteiger partial charge is 0.350 e. The summed E-state index contributed by atoms with van der Waals surface area (Å²) in [6.07, 6.45) is 3.63. The second kappa shape index (κ2) is 5.50. The molecule has 0 aliphatic carbocycles. The van der Waals surface area contributed by atoms with Gasteiger partial charge < -0.3 is 9.30 Å². The quantitative estimate of drug-likeness (QED) is 0.523. The minimum absolute atomic E-state index is 0.360. The number of esters is 1. The SMILES string of the molecule is COC(=O)c1sccc1NN=Cc1cccn1C. The van der Waals surface area contributed by atoms with Gasteiger partial charge in [0.05, 0.1) is 24.7 Å². The summed E-state index contributed by atoms with van der Waals surface area (Å²) in [6, 6.07) is 5.67. The van der Waals surface area contributed by atoms with Gasteiger partial charge in [-0.3, -0.25) is 5.43 Å². The third-order valence-electron chi connectivity index (χ3n) is 2.40. The van der Waals surface area contributed by atoms with Gasteiger partial charge in [-0.05, 0) is 23.6 Å². The van der Waals surface area contributed by atoms with Crippen molar-refractivity contribution < 1.29 is 9.53 Å². The van der Waals surface area contributed by atoms with Crippen LogP contribution in [0.15, 0.2) is 34.9 Å². The first kappa shape index (κ1) is 12.4. The molecule has 0 unspecified atom stereocenters. The van der Waals surface area contributed by atoms with Gasteiger partial charge in [0, 0.05) is 13.2 Å². The monoisotopic (exact) mass is 263 g/mol. The van der Waals surface area contributed by atoms with Crippen molar-refractivity contribution in [3.05, 3.63) is 40.3 Å². The van der Waals surface area contributed by atoms with E-state index in [2.05, 4.69) is 15.3 Å². The van der Waals surface area contributed by atoms with Crippen LogP contribution in [-0.4, -0.2) is 23.9 Å². The van der Waals surface area contributed by atoms with Crippen molar-refractivity contribution >= 4 is 29.2 Å². The first-order chi connectivity index (χ1) is 8.72. The Morgan fingerprint density at radius 3 is 3.06 bits per heavy atom. The van der Waals surface area contributed by atoms with Crippen LogP contribution in [0.4, 0.5) is 5.69 Å². The number of hydrogen-bond donors (Lipinski definition) is 1. The summed E-state index contributed by atoms with van der Waals surface area (Å²) in [7, 11) is 3.30.